The first-order valence-electron chi connectivity index (χ1n) is 9.96. The van der Waals surface area contributed by atoms with Crippen molar-refractivity contribution < 1.29 is 9.52 Å². The van der Waals surface area contributed by atoms with Crippen molar-refractivity contribution in [3.8, 4) is 22.8 Å². The third kappa shape index (κ3) is 4.31. The lowest BCUT2D eigenvalue weighted by Gasteiger charge is -2.15. The van der Waals surface area contributed by atoms with Crippen LogP contribution in [-0.4, -0.2) is 26.2 Å². The number of oxazole rings is 1. The van der Waals surface area contributed by atoms with Crippen molar-refractivity contribution in [1.29, 1.82) is 0 Å². The fourth-order valence-electron chi connectivity index (χ4n) is 3.49. The minimum atomic E-state index is -0.199. The minimum Gasteiger partial charge on any atom is -0.441 e. The van der Waals surface area contributed by atoms with E-state index in [0.717, 1.165) is 11.1 Å². The highest BCUT2D eigenvalue weighted by Gasteiger charge is 2.19. The Kier molecular flexibility index (Phi) is 6.02. The summed E-state index contributed by atoms with van der Waals surface area (Å²) in [4.78, 5) is 22.7. The molecule has 2 aromatic carbocycles. The lowest BCUT2D eigenvalue weighted by Crippen LogP contribution is -2.29. The molecule has 0 saturated carbocycles. The van der Waals surface area contributed by atoms with Gasteiger partial charge in [0, 0.05) is 40.4 Å². The van der Waals surface area contributed by atoms with Gasteiger partial charge in [-0.1, -0.05) is 29.8 Å². The molecule has 31 heavy (non-hydrogen) atoms. The molecule has 0 bridgehead atoms. The summed E-state index contributed by atoms with van der Waals surface area (Å²) in [7, 11) is 0. The maximum absolute atomic E-state index is 13.4. The van der Waals surface area contributed by atoms with E-state index in [1.807, 2.05) is 49.4 Å². The Morgan fingerprint density at radius 3 is 2.39 bits per heavy atom. The average molecular weight is 436 g/mol. The predicted octanol–water partition coefficient (Wildman–Crippen LogP) is 4.42. The topological polar surface area (TPSA) is 81.2 Å². The third-order valence-electron chi connectivity index (χ3n) is 5.15. The highest BCUT2D eigenvalue weighted by Crippen LogP contribution is 2.24. The van der Waals surface area contributed by atoms with Gasteiger partial charge < -0.3 is 9.52 Å². The summed E-state index contributed by atoms with van der Waals surface area (Å²) in [6, 6.07) is 16.8. The van der Waals surface area contributed by atoms with Crippen LogP contribution in [0.25, 0.3) is 22.8 Å². The number of aliphatic hydroxyl groups excluding tert-OH is 1. The molecule has 0 aliphatic carbocycles. The largest absolute Gasteiger partial charge is 0.441 e. The number of benzene rings is 2. The lowest BCUT2D eigenvalue weighted by molar-refractivity contribution is 0.298. The normalized spacial score (nSPS) is 11.1. The number of nitrogens with zero attached hydrogens (tertiary/aromatic N) is 3. The SMILES string of the molecule is Cc1nc(-c2ccc(Cl)cc2)n(Cc2nc(-c3ccccc3)oc2C)c(=O)c1CCO. The van der Waals surface area contributed by atoms with Crippen molar-refractivity contribution in [3.05, 3.63) is 92.7 Å². The lowest BCUT2D eigenvalue weighted by atomic mass is 10.1. The monoisotopic (exact) mass is 435 g/mol. The number of hydrogen-bond acceptors (Lipinski definition) is 5. The molecule has 0 aliphatic heterocycles. The molecule has 2 heterocycles. The van der Waals surface area contributed by atoms with E-state index in [9.17, 15) is 9.90 Å². The molecule has 0 spiro atoms. The molecule has 0 atom stereocenters. The second kappa shape index (κ2) is 8.88. The van der Waals surface area contributed by atoms with Crippen molar-refractivity contribution in [2.45, 2.75) is 26.8 Å². The molecule has 0 aliphatic rings. The zero-order chi connectivity index (χ0) is 22.0. The van der Waals surface area contributed by atoms with Gasteiger partial charge in [0.25, 0.3) is 5.56 Å². The van der Waals surface area contributed by atoms with E-state index in [2.05, 4.69) is 4.98 Å². The number of halogens is 1. The Morgan fingerprint density at radius 2 is 1.71 bits per heavy atom. The van der Waals surface area contributed by atoms with Crippen LogP contribution in [0.2, 0.25) is 5.02 Å². The first-order valence-corrected chi connectivity index (χ1v) is 10.3. The van der Waals surface area contributed by atoms with E-state index in [-0.39, 0.29) is 25.1 Å². The average Bonchev–Trinajstić information content (AvgIpc) is 3.14. The van der Waals surface area contributed by atoms with Crippen molar-refractivity contribution in [1.82, 2.24) is 14.5 Å². The minimum absolute atomic E-state index is 0.126. The number of aromatic nitrogens is 3. The molecule has 158 valence electrons. The van der Waals surface area contributed by atoms with Gasteiger partial charge >= 0.3 is 0 Å². The van der Waals surface area contributed by atoms with Crippen LogP contribution in [0.4, 0.5) is 0 Å². The van der Waals surface area contributed by atoms with Gasteiger partial charge in [-0.3, -0.25) is 9.36 Å². The summed E-state index contributed by atoms with van der Waals surface area (Å²) in [6.07, 6.45) is 0.242. The Bertz CT molecular complexity index is 1260. The molecule has 2 aromatic heterocycles. The van der Waals surface area contributed by atoms with Crippen LogP contribution in [-0.2, 0) is 13.0 Å². The number of hydrogen-bond donors (Lipinski definition) is 1. The summed E-state index contributed by atoms with van der Waals surface area (Å²) >= 11 is 6.04. The van der Waals surface area contributed by atoms with Gasteiger partial charge in [-0.2, -0.15) is 0 Å². The number of aliphatic hydroxyl groups is 1. The molecule has 0 amide bonds. The van der Waals surface area contributed by atoms with Crippen LogP contribution in [0.5, 0.6) is 0 Å². The molecule has 7 heteroatoms. The first-order chi connectivity index (χ1) is 15.0. The molecular formula is C24H22ClN3O3. The van der Waals surface area contributed by atoms with E-state index in [1.165, 1.54) is 0 Å². The molecule has 0 unspecified atom stereocenters. The number of aryl methyl sites for hydroxylation is 2. The predicted molar refractivity (Wildman–Crippen MR) is 120 cm³/mol. The van der Waals surface area contributed by atoms with Gasteiger partial charge in [0.15, 0.2) is 0 Å². The Labute approximate surface area is 184 Å². The zero-order valence-corrected chi connectivity index (χ0v) is 18.1. The third-order valence-corrected chi connectivity index (χ3v) is 5.41. The van der Waals surface area contributed by atoms with Crippen LogP contribution in [0.15, 0.2) is 63.8 Å². The van der Waals surface area contributed by atoms with Crippen molar-refractivity contribution in [2.75, 3.05) is 6.61 Å². The summed E-state index contributed by atoms with van der Waals surface area (Å²) < 4.78 is 7.46. The van der Waals surface area contributed by atoms with Gasteiger partial charge in [0.2, 0.25) is 5.89 Å². The van der Waals surface area contributed by atoms with Crippen LogP contribution in [0.1, 0.15) is 22.7 Å². The molecule has 4 aromatic rings. The van der Waals surface area contributed by atoms with Gasteiger partial charge in [0.1, 0.15) is 17.3 Å². The summed E-state index contributed by atoms with van der Waals surface area (Å²) in [5, 5.41) is 10.0. The Morgan fingerprint density at radius 1 is 1.00 bits per heavy atom. The fraction of sp³-hybridized carbons (Fsp3) is 0.208. The smallest absolute Gasteiger partial charge is 0.257 e. The highest BCUT2D eigenvalue weighted by atomic mass is 35.5. The fourth-order valence-corrected chi connectivity index (χ4v) is 3.62. The van der Waals surface area contributed by atoms with Crippen LogP contribution in [0, 0.1) is 13.8 Å². The number of rotatable bonds is 6. The van der Waals surface area contributed by atoms with Crippen molar-refractivity contribution in [2.24, 2.45) is 0 Å². The quantitative estimate of drug-likeness (QED) is 0.485. The summed E-state index contributed by atoms with van der Waals surface area (Å²) in [5.74, 6) is 1.66. The van der Waals surface area contributed by atoms with Crippen LogP contribution >= 0.6 is 11.6 Å². The molecule has 6 nitrogen and oxygen atoms in total. The molecular weight excluding hydrogens is 414 g/mol. The Hall–Kier alpha value is -3.22. The van der Waals surface area contributed by atoms with Gasteiger partial charge in [-0.05, 0) is 50.2 Å². The van der Waals surface area contributed by atoms with Crippen molar-refractivity contribution >= 4 is 11.6 Å². The highest BCUT2D eigenvalue weighted by molar-refractivity contribution is 6.30. The van der Waals surface area contributed by atoms with Gasteiger partial charge in [-0.25, -0.2) is 9.97 Å². The van der Waals surface area contributed by atoms with E-state index in [0.29, 0.717) is 39.4 Å². The molecule has 4 rings (SSSR count). The van der Waals surface area contributed by atoms with E-state index < -0.39 is 0 Å². The van der Waals surface area contributed by atoms with Crippen molar-refractivity contribution in [3.63, 3.8) is 0 Å². The zero-order valence-electron chi connectivity index (χ0n) is 17.3. The Balaban J connectivity index is 1.83. The van der Waals surface area contributed by atoms with E-state index >= 15 is 0 Å². The maximum atomic E-state index is 13.4. The van der Waals surface area contributed by atoms with E-state index in [1.54, 1.807) is 23.6 Å². The second-order valence-electron chi connectivity index (χ2n) is 7.26. The van der Waals surface area contributed by atoms with Gasteiger partial charge in [0.05, 0.1) is 6.54 Å². The molecule has 0 fully saturated rings. The summed E-state index contributed by atoms with van der Waals surface area (Å²) in [5.41, 5.74) is 3.17. The standard InChI is InChI=1S/C24H22ClN3O3/c1-15-20(12-13-29)24(30)28(22(26-15)17-8-10-19(25)11-9-17)14-21-16(2)31-23(27-21)18-6-4-3-5-7-18/h3-11,29H,12-14H2,1-2H3. The second-order valence-corrected chi connectivity index (χ2v) is 7.70. The van der Waals surface area contributed by atoms with Crippen LogP contribution in [0.3, 0.4) is 0 Å². The first kappa shape index (κ1) is 21.0. The molecule has 0 saturated heterocycles. The van der Waals surface area contributed by atoms with Gasteiger partial charge in [-0.15, -0.1) is 0 Å². The van der Waals surface area contributed by atoms with E-state index in [4.69, 9.17) is 21.0 Å². The molecule has 0 radical (unpaired) electrons. The summed E-state index contributed by atoms with van der Waals surface area (Å²) in [6.45, 7) is 3.69. The van der Waals surface area contributed by atoms with Crippen LogP contribution < -0.4 is 5.56 Å². The maximum Gasteiger partial charge on any atom is 0.257 e. The molecule has 1 N–H and O–H groups in total.